The lowest BCUT2D eigenvalue weighted by molar-refractivity contribution is -0.0946. The molecule has 1 heterocycles. The molecule has 0 aromatic heterocycles. The van der Waals surface area contributed by atoms with Crippen LogP contribution in [0.3, 0.4) is 0 Å². The molecule has 1 fully saturated rings. The van der Waals surface area contributed by atoms with Crippen LogP contribution < -0.4 is 5.32 Å². The Balaban J connectivity index is 2.12. The topological polar surface area (TPSA) is 52.6 Å². The maximum atomic E-state index is 12.4. The number of carbonyl (C=O) groups excluding carboxylic acids is 1. The van der Waals surface area contributed by atoms with Crippen LogP contribution in [0.4, 0.5) is 10.5 Å². The van der Waals surface area contributed by atoms with Crippen LogP contribution in [0, 0.1) is 12.3 Å². The van der Waals surface area contributed by atoms with E-state index in [1.807, 2.05) is 39.8 Å². The second-order valence-electron chi connectivity index (χ2n) is 6.69. The molecule has 5 heteroatoms. The fraction of sp³-hybridized carbons (Fsp3) is 0.562. The Hall–Kier alpha value is -1.26. The van der Waals surface area contributed by atoms with E-state index in [4.69, 9.17) is 11.6 Å². The largest absolute Gasteiger partial charge is 0.389 e. The van der Waals surface area contributed by atoms with E-state index in [0.717, 1.165) is 5.56 Å². The van der Waals surface area contributed by atoms with Crippen molar-refractivity contribution in [3.05, 3.63) is 28.8 Å². The van der Waals surface area contributed by atoms with Gasteiger partial charge in [-0.25, -0.2) is 4.79 Å². The van der Waals surface area contributed by atoms with Crippen molar-refractivity contribution in [2.45, 2.75) is 39.7 Å². The lowest BCUT2D eigenvalue weighted by Crippen LogP contribution is -2.57. The molecular weight excluding hydrogens is 288 g/mol. The molecule has 0 bridgehead atoms. The molecule has 1 aliphatic rings. The molecule has 1 atom stereocenters. The summed E-state index contributed by atoms with van der Waals surface area (Å²) in [6, 6.07) is 5.35. The average Bonchev–Trinajstić information content (AvgIpc) is 2.37. The summed E-state index contributed by atoms with van der Waals surface area (Å²) in [5.74, 6) is 0. The molecule has 0 saturated carbocycles. The van der Waals surface area contributed by atoms with Crippen LogP contribution in [0.15, 0.2) is 18.2 Å². The predicted octanol–water partition coefficient (Wildman–Crippen LogP) is 3.66. The number of aliphatic hydroxyl groups is 1. The number of carbonyl (C=O) groups is 1. The molecule has 1 aliphatic heterocycles. The van der Waals surface area contributed by atoms with Gasteiger partial charge in [-0.2, -0.15) is 0 Å². The summed E-state index contributed by atoms with van der Waals surface area (Å²) < 4.78 is 0. The van der Waals surface area contributed by atoms with Crippen LogP contribution in [0.1, 0.15) is 32.8 Å². The Bertz CT molecular complexity index is 535. The van der Waals surface area contributed by atoms with Crippen LogP contribution in [-0.2, 0) is 0 Å². The molecule has 2 amide bonds. The number of nitrogens with one attached hydrogen (secondary N) is 1. The third kappa shape index (κ3) is 3.16. The molecule has 116 valence electrons. The Morgan fingerprint density at radius 1 is 1.38 bits per heavy atom. The number of piperidine rings is 1. The number of nitrogens with zero attached hydrogens (tertiary/aromatic N) is 1. The van der Waals surface area contributed by atoms with E-state index in [0.29, 0.717) is 30.2 Å². The zero-order valence-electron chi connectivity index (χ0n) is 13.0. The van der Waals surface area contributed by atoms with Gasteiger partial charge in [-0.1, -0.05) is 37.6 Å². The number of halogens is 1. The molecule has 2 N–H and O–H groups in total. The van der Waals surface area contributed by atoms with Gasteiger partial charge in [-0.05, 0) is 31.9 Å². The summed E-state index contributed by atoms with van der Waals surface area (Å²) in [4.78, 5) is 14.2. The zero-order valence-corrected chi connectivity index (χ0v) is 13.8. The number of hydrogen-bond donors (Lipinski definition) is 2. The number of anilines is 1. The second kappa shape index (κ2) is 5.50. The van der Waals surface area contributed by atoms with Crippen molar-refractivity contribution in [3.63, 3.8) is 0 Å². The average molecular weight is 311 g/mol. The second-order valence-corrected chi connectivity index (χ2v) is 7.10. The smallest absolute Gasteiger partial charge is 0.321 e. The summed E-state index contributed by atoms with van der Waals surface area (Å²) in [7, 11) is 0. The summed E-state index contributed by atoms with van der Waals surface area (Å²) in [6.07, 6.45) is 0.564. The van der Waals surface area contributed by atoms with Gasteiger partial charge in [0.25, 0.3) is 0 Å². The van der Waals surface area contributed by atoms with E-state index in [1.54, 1.807) is 11.0 Å². The number of para-hydroxylation sites is 1. The maximum Gasteiger partial charge on any atom is 0.321 e. The van der Waals surface area contributed by atoms with Crippen molar-refractivity contribution >= 4 is 23.3 Å². The molecule has 1 aromatic rings. The highest BCUT2D eigenvalue weighted by molar-refractivity contribution is 6.33. The van der Waals surface area contributed by atoms with Gasteiger partial charge < -0.3 is 15.3 Å². The predicted molar refractivity (Wildman–Crippen MR) is 85.8 cm³/mol. The van der Waals surface area contributed by atoms with Crippen LogP contribution in [0.5, 0.6) is 0 Å². The lowest BCUT2D eigenvalue weighted by Gasteiger charge is -2.48. The minimum atomic E-state index is -0.760. The highest BCUT2D eigenvalue weighted by atomic mass is 35.5. The van der Waals surface area contributed by atoms with Gasteiger partial charge >= 0.3 is 6.03 Å². The van der Waals surface area contributed by atoms with Crippen molar-refractivity contribution in [2.24, 2.45) is 5.41 Å². The van der Waals surface area contributed by atoms with Gasteiger partial charge in [0.2, 0.25) is 0 Å². The van der Waals surface area contributed by atoms with Crippen molar-refractivity contribution in [1.82, 2.24) is 4.90 Å². The van der Waals surface area contributed by atoms with E-state index in [2.05, 4.69) is 5.32 Å². The molecule has 0 unspecified atom stereocenters. The minimum Gasteiger partial charge on any atom is -0.389 e. The fourth-order valence-corrected chi connectivity index (χ4v) is 2.84. The Labute approximate surface area is 131 Å². The van der Waals surface area contributed by atoms with E-state index in [1.165, 1.54) is 0 Å². The molecule has 2 rings (SSSR count). The first-order chi connectivity index (χ1) is 9.64. The van der Waals surface area contributed by atoms with E-state index < -0.39 is 5.60 Å². The number of hydrogen-bond acceptors (Lipinski definition) is 2. The third-order valence-electron chi connectivity index (χ3n) is 4.65. The monoisotopic (exact) mass is 310 g/mol. The van der Waals surface area contributed by atoms with Gasteiger partial charge in [0.15, 0.2) is 0 Å². The highest BCUT2D eigenvalue weighted by Crippen LogP contribution is 2.38. The first-order valence-corrected chi connectivity index (χ1v) is 7.55. The summed E-state index contributed by atoms with van der Waals surface area (Å²) in [5.41, 5.74) is 0.473. The molecule has 4 nitrogen and oxygen atoms in total. The van der Waals surface area contributed by atoms with Crippen molar-refractivity contribution in [1.29, 1.82) is 0 Å². The minimum absolute atomic E-state index is 0.172. The van der Waals surface area contributed by atoms with Crippen molar-refractivity contribution in [3.8, 4) is 0 Å². The van der Waals surface area contributed by atoms with Gasteiger partial charge in [-0.15, -0.1) is 0 Å². The Morgan fingerprint density at radius 2 is 2.05 bits per heavy atom. The summed E-state index contributed by atoms with van der Waals surface area (Å²) in [6.45, 7) is 8.74. The molecular formula is C16H23ClN2O2. The number of aryl methyl sites for hydroxylation is 1. The quantitative estimate of drug-likeness (QED) is 0.831. The number of urea groups is 1. The standard InChI is InChI=1S/C16H23ClN2O2/c1-11-6-5-7-12(17)13(11)18-14(20)19-9-8-16(4,21)15(2,3)10-19/h5-7,21H,8-10H2,1-4H3,(H,18,20)/t16-/m0/s1. The van der Waals surface area contributed by atoms with E-state index in [9.17, 15) is 9.90 Å². The SMILES string of the molecule is Cc1cccc(Cl)c1NC(=O)N1CC[C@](C)(O)C(C)(C)C1. The third-order valence-corrected chi connectivity index (χ3v) is 4.97. The van der Waals surface area contributed by atoms with E-state index in [-0.39, 0.29) is 11.4 Å². The van der Waals surface area contributed by atoms with Crippen molar-refractivity contribution < 1.29 is 9.90 Å². The van der Waals surface area contributed by atoms with Gasteiger partial charge in [0.05, 0.1) is 16.3 Å². The van der Waals surface area contributed by atoms with Crippen LogP contribution in [-0.4, -0.2) is 34.7 Å². The molecule has 0 aliphatic carbocycles. The first kappa shape index (κ1) is 16.1. The normalized spacial score (nSPS) is 24.8. The van der Waals surface area contributed by atoms with Crippen LogP contribution in [0.25, 0.3) is 0 Å². The number of benzene rings is 1. The zero-order chi connectivity index (χ0) is 15.8. The molecule has 0 radical (unpaired) electrons. The van der Waals surface area contributed by atoms with Crippen molar-refractivity contribution in [2.75, 3.05) is 18.4 Å². The summed E-state index contributed by atoms with van der Waals surface area (Å²) >= 11 is 6.14. The molecule has 1 saturated heterocycles. The first-order valence-electron chi connectivity index (χ1n) is 7.17. The van der Waals surface area contributed by atoms with Gasteiger partial charge in [0.1, 0.15) is 0 Å². The van der Waals surface area contributed by atoms with Gasteiger partial charge in [0, 0.05) is 18.5 Å². The summed E-state index contributed by atoms with van der Waals surface area (Å²) in [5, 5.41) is 13.8. The highest BCUT2D eigenvalue weighted by Gasteiger charge is 2.45. The van der Waals surface area contributed by atoms with E-state index >= 15 is 0 Å². The van der Waals surface area contributed by atoms with Crippen LogP contribution in [0.2, 0.25) is 5.02 Å². The van der Waals surface area contributed by atoms with Crippen LogP contribution >= 0.6 is 11.6 Å². The number of likely N-dealkylation sites (tertiary alicyclic amines) is 1. The number of rotatable bonds is 1. The number of amides is 2. The molecule has 21 heavy (non-hydrogen) atoms. The molecule has 0 spiro atoms. The Kier molecular flexibility index (Phi) is 4.22. The Morgan fingerprint density at radius 3 is 2.62 bits per heavy atom. The molecule has 1 aromatic carbocycles. The van der Waals surface area contributed by atoms with Gasteiger partial charge in [-0.3, -0.25) is 0 Å². The maximum absolute atomic E-state index is 12.4. The fourth-order valence-electron chi connectivity index (χ4n) is 2.57. The lowest BCUT2D eigenvalue weighted by atomic mass is 9.71.